The second kappa shape index (κ2) is 8.24. The van der Waals surface area contributed by atoms with E-state index in [0.717, 1.165) is 36.9 Å². The number of likely N-dealkylation sites (tertiary alicyclic amines) is 1. The number of hydrogen-bond acceptors (Lipinski definition) is 5. The van der Waals surface area contributed by atoms with Gasteiger partial charge in [-0.25, -0.2) is 4.79 Å². The van der Waals surface area contributed by atoms with Crippen molar-refractivity contribution >= 4 is 17.7 Å². The fourth-order valence-electron chi connectivity index (χ4n) is 4.01. The van der Waals surface area contributed by atoms with Crippen LogP contribution in [0.1, 0.15) is 56.9 Å². The lowest BCUT2D eigenvalue weighted by Crippen LogP contribution is -2.50. The molecule has 0 spiro atoms. The summed E-state index contributed by atoms with van der Waals surface area (Å²) in [6, 6.07) is 9.62. The van der Waals surface area contributed by atoms with Gasteiger partial charge in [0.15, 0.2) is 0 Å². The molecule has 0 bridgehead atoms. The molecule has 2 aliphatic rings. The molecule has 0 atom stereocenters. The smallest absolute Gasteiger partial charge is 0.410 e. The molecule has 1 aromatic heterocycles. The number of nitrogens with zero attached hydrogens (tertiary/aromatic N) is 3. The Labute approximate surface area is 182 Å². The Morgan fingerprint density at radius 2 is 1.71 bits per heavy atom. The Balaban J connectivity index is 1.42. The van der Waals surface area contributed by atoms with Gasteiger partial charge in [-0.05, 0) is 64.7 Å². The van der Waals surface area contributed by atoms with Crippen molar-refractivity contribution in [3.63, 3.8) is 0 Å². The number of amides is 2. The monoisotopic (exact) mass is 425 g/mol. The Hall–Kier alpha value is -3.03. The van der Waals surface area contributed by atoms with Crippen LogP contribution in [0.15, 0.2) is 30.3 Å². The number of benzene rings is 1. The zero-order valence-corrected chi connectivity index (χ0v) is 18.4. The van der Waals surface area contributed by atoms with E-state index < -0.39 is 5.60 Å². The molecule has 1 aromatic carbocycles. The topological polar surface area (TPSA) is 105 Å². The summed E-state index contributed by atoms with van der Waals surface area (Å²) in [6.07, 6.45) is 3.27. The lowest BCUT2D eigenvalue weighted by Gasteiger charge is -2.39. The molecule has 8 heteroatoms. The number of rotatable bonds is 4. The number of H-pyrrole nitrogens is 1. The molecule has 8 nitrogen and oxygen atoms in total. The quantitative estimate of drug-likeness (QED) is 0.728. The van der Waals surface area contributed by atoms with Gasteiger partial charge in [-0.3, -0.25) is 9.89 Å². The maximum atomic E-state index is 13.4. The molecule has 2 amide bonds. The van der Waals surface area contributed by atoms with Crippen molar-refractivity contribution in [1.29, 1.82) is 0 Å². The highest BCUT2D eigenvalue weighted by Crippen LogP contribution is 2.33. The zero-order valence-electron chi connectivity index (χ0n) is 18.4. The molecule has 1 aliphatic heterocycles. The van der Waals surface area contributed by atoms with Crippen LogP contribution in [0.25, 0.3) is 11.3 Å². The van der Waals surface area contributed by atoms with Crippen LogP contribution in [0.5, 0.6) is 0 Å². The molecule has 0 unspecified atom stereocenters. The van der Waals surface area contributed by atoms with E-state index >= 15 is 0 Å². The average Bonchev–Trinajstić information content (AvgIpc) is 3.42. The van der Waals surface area contributed by atoms with Gasteiger partial charge in [0, 0.05) is 36.4 Å². The summed E-state index contributed by atoms with van der Waals surface area (Å²) in [5.41, 5.74) is 8.06. The first kappa shape index (κ1) is 21.2. The minimum atomic E-state index is -0.507. The minimum Gasteiger partial charge on any atom is -0.444 e. The second-order valence-electron chi connectivity index (χ2n) is 9.43. The van der Waals surface area contributed by atoms with E-state index in [1.165, 1.54) is 0 Å². The van der Waals surface area contributed by atoms with E-state index in [1.54, 1.807) is 11.0 Å². The Morgan fingerprint density at radius 1 is 1.10 bits per heavy atom. The maximum absolute atomic E-state index is 13.4. The van der Waals surface area contributed by atoms with E-state index in [2.05, 4.69) is 10.2 Å². The van der Waals surface area contributed by atoms with Gasteiger partial charge in [0.05, 0.1) is 5.69 Å². The van der Waals surface area contributed by atoms with Crippen LogP contribution in [0, 0.1) is 0 Å². The van der Waals surface area contributed by atoms with E-state index in [-0.39, 0.29) is 24.1 Å². The van der Waals surface area contributed by atoms with Gasteiger partial charge in [0.25, 0.3) is 5.91 Å². The number of nitrogens with two attached hydrogens (primary N) is 1. The van der Waals surface area contributed by atoms with Gasteiger partial charge in [-0.1, -0.05) is 12.1 Å². The summed E-state index contributed by atoms with van der Waals surface area (Å²) >= 11 is 0. The molecule has 4 rings (SSSR count). The summed E-state index contributed by atoms with van der Waals surface area (Å²) < 4.78 is 5.49. The number of carbonyl (C=O) groups excluding carboxylic acids is 2. The van der Waals surface area contributed by atoms with Gasteiger partial charge in [-0.2, -0.15) is 5.10 Å². The number of aromatic amines is 1. The molecule has 1 aliphatic carbocycles. The highest BCUT2D eigenvalue weighted by atomic mass is 16.6. The molecule has 1 saturated heterocycles. The van der Waals surface area contributed by atoms with Crippen molar-refractivity contribution in [2.75, 3.05) is 18.8 Å². The van der Waals surface area contributed by atoms with Crippen LogP contribution in [0.3, 0.4) is 0 Å². The minimum absolute atomic E-state index is 0.0209. The normalized spacial score (nSPS) is 17.5. The second-order valence-corrected chi connectivity index (χ2v) is 9.43. The third-order valence-electron chi connectivity index (χ3n) is 5.70. The third kappa shape index (κ3) is 5.00. The predicted octanol–water partition coefficient (Wildman–Crippen LogP) is 3.66. The molecule has 3 N–H and O–H groups in total. The lowest BCUT2D eigenvalue weighted by molar-refractivity contribution is 0.0141. The van der Waals surface area contributed by atoms with Crippen molar-refractivity contribution in [1.82, 2.24) is 20.0 Å². The fourth-order valence-corrected chi connectivity index (χ4v) is 4.01. The number of aromatic nitrogens is 2. The predicted molar refractivity (Wildman–Crippen MR) is 118 cm³/mol. The van der Waals surface area contributed by atoms with E-state index in [0.29, 0.717) is 24.5 Å². The number of carbonyl (C=O) groups is 2. The maximum Gasteiger partial charge on any atom is 0.410 e. The van der Waals surface area contributed by atoms with Crippen molar-refractivity contribution in [3.8, 4) is 11.3 Å². The summed E-state index contributed by atoms with van der Waals surface area (Å²) in [5.74, 6) is -0.0209. The van der Waals surface area contributed by atoms with Crippen LogP contribution in [0.4, 0.5) is 10.5 Å². The van der Waals surface area contributed by atoms with Crippen LogP contribution in [0.2, 0.25) is 0 Å². The van der Waals surface area contributed by atoms with E-state index in [9.17, 15) is 9.59 Å². The molecule has 166 valence electrons. The van der Waals surface area contributed by atoms with Crippen LogP contribution < -0.4 is 5.73 Å². The first-order valence-electron chi connectivity index (χ1n) is 10.9. The average molecular weight is 426 g/mol. The van der Waals surface area contributed by atoms with Gasteiger partial charge < -0.3 is 20.3 Å². The molecule has 0 radical (unpaired) electrons. The summed E-state index contributed by atoms with van der Waals surface area (Å²) in [5, 5.41) is 7.25. The molecule has 1 saturated carbocycles. The highest BCUT2D eigenvalue weighted by Gasteiger charge is 2.40. The van der Waals surface area contributed by atoms with Gasteiger partial charge in [-0.15, -0.1) is 0 Å². The molecule has 2 fully saturated rings. The van der Waals surface area contributed by atoms with Crippen molar-refractivity contribution in [2.45, 2.75) is 64.1 Å². The number of piperidine rings is 1. The van der Waals surface area contributed by atoms with Gasteiger partial charge in [0.2, 0.25) is 0 Å². The number of nitrogen functional groups attached to an aromatic ring is 1. The number of hydrogen-bond donors (Lipinski definition) is 2. The van der Waals surface area contributed by atoms with Gasteiger partial charge >= 0.3 is 6.09 Å². The van der Waals surface area contributed by atoms with Gasteiger partial charge in [0.1, 0.15) is 11.3 Å². The molecule has 31 heavy (non-hydrogen) atoms. The van der Waals surface area contributed by atoms with Crippen LogP contribution >= 0.6 is 0 Å². The van der Waals surface area contributed by atoms with Crippen molar-refractivity contribution in [3.05, 3.63) is 36.0 Å². The Morgan fingerprint density at radius 3 is 2.29 bits per heavy atom. The van der Waals surface area contributed by atoms with E-state index in [1.807, 2.05) is 49.9 Å². The lowest BCUT2D eigenvalue weighted by atomic mass is 10.0. The first-order valence-corrected chi connectivity index (χ1v) is 10.9. The molecule has 2 heterocycles. The number of anilines is 1. The van der Waals surface area contributed by atoms with Crippen LogP contribution in [-0.2, 0) is 4.74 Å². The fraction of sp³-hybridized carbons (Fsp3) is 0.522. The molecular weight excluding hydrogens is 394 g/mol. The standard InChI is InChI=1S/C23H31N5O3/c1-23(2,3)31-22(30)27-12-10-18(11-13-27)28(17-8-9-17)21(29)20-14-19(25-26-20)15-4-6-16(24)7-5-15/h4-7,14,17-18H,8-13,24H2,1-3H3,(H,25,26). The third-order valence-corrected chi connectivity index (χ3v) is 5.70. The number of nitrogens with one attached hydrogen (secondary N) is 1. The van der Waals surface area contributed by atoms with Crippen molar-refractivity contribution in [2.24, 2.45) is 0 Å². The van der Waals surface area contributed by atoms with Crippen molar-refractivity contribution < 1.29 is 14.3 Å². The summed E-state index contributed by atoms with van der Waals surface area (Å²) in [7, 11) is 0. The SMILES string of the molecule is CC(C)(C)OC(=O)N1CCC(N(C(=O)c2cc(-c3ccc(N)cc3)n[nH]2)C2CC2)CC1. The van der Waals surface area contributed by atoms with E-state index in [4.69, 9.17) is 10.5 Å². The molecule has 2 aromatic rings. The highest BCUT2D eigenvalue weighted by molar-refractivity contribution is 5.94. The Kier molecular flexibility index (Phi) is 5.64. The summed E-state index contributed by atoms with van der Waals surface area (Å²) in [4.78, 5) is 29.5. The largest absolute Gasteiger partial charge is 0.444 e. The molecular formula is C23H31N5O3. The Bertz CT molecular complexity index is 935. The van der Waals surface area contributed by atoms with Crippen LogP contribution in [-0.4, -0.2) is 62.8 Å². The first-order chi connectivity index (χ1) is 14.7. The summed E-state index contributed by atoms with van der Waals surface area (Å²) in [6.45, 7) is 6.79. The number of ether oxygens (including phenoxy) is 1. The zero-order chi connectivity index (χ0) is 22.2.